The van der Waals surface area contributed by atoms with E-state index in [0.717, 1.165) is 18.4 Å². The monoisotopic (exact) mass is 459 g/mol. The highest BCUT2D eigenvalue weighted by Crippen LogP contribution is 2.32. The molecule has 1 amide bonds. The third-order valence-corrected chi connectivity index (χ3v) is 5.65. The molecule has 9 heteroatoms. The van der Waals surface area contributed by atoms with Crippen LogP contribution in [0.15, 0.2) is 54.6 Å². The van der Waals surface area contributed by atoms with Gasteiger partial charge >= 0.3 is 18.0 Å². The third kappa shape index (κ3) is 5.77. The Balaban J connectivity index is 1.64. The highest BCUT2D eigenvalue weighted by atomic mass is 31.0. The lowest BCUT2D eigenvalue weighted by molar-refractivity contribution is -0.144. The van der Waals surface area contributed by atoms with Gasteiger partial charge in [0.2, 0.25) is 6.79 Å². The number of carbonyl (C=O) groups is 3. The molecule has 0 saturated carbocycles. The normalized spacial score (nSPS) is 16.6. The van der Waals surface area contributed by atoms with Crippen LogP contribution < -0.4 is 4.52 Å². The van der Waals surface area contributed by atoms with Gasteiger partial charge in [0.15, 0.2) is 0 Å². The number of piperidine rings is 1. The number of nitrogens with zero attached hydrogens (tertiary/aromatic N) is 1. The molecule has 2 aromatic rings. The molecule has 0 spiro atoms. The Kier molecular flexibility index (Phi) is 8.45. The first-order valence-electron chi connectivity index (χ1n) is 10.2. The highest BCUT2D eigenvalue weighted by molar-refractivity contribution is 7.10. The van der Waals surface area contributed by atoms with Gasteiger partial charge in [0.25, 0.3) is 0 Å². The number of hydrogen-bond donors (Lipinski definition) is 0. The van der Waals surface area contributed by atoms with Crippen molar-refractivity contribution < 1.29 is 33.1 Å². The molecule has 1 heterocycles. The SMILES string of the molecule is COC(=O)C(c1ccccc1)C1CCCCN1C(=O)OCOC(=O)c1ccc(OP)cc1. The Labute approximate surface area is 189 Å². The molecule has 1 aliphatic rings. The minimum atomic E-state index is -0.640. The van der Waals surface area contributed by atoms with Gasteiger partial charge in [-0.3, -0.25) is 4.79 Å². The van der Waals surface area contributed by atoms with E-state index < -0.39 is 36.8 Å². The molecular weight excluding hydrogens is 433 g/mol. The van der Waals surface area contributed by atoms with E-state index in [1.807, 2.05) is 30.3 Å². The van der Waals surface area contributed by atoms with Gasteiger partial charge in [0.05, 0.1) is 28.2 Å². The maximum atomic E-state index is 12.8. The smallest absolute Gasteiger partial charge is 0.412 e. The predicted octanol–water partition coefficient (Wildman–Crippen LogP) is 3.92. The summed E-state index contributed by atoms with van der Waals surface area (Å²) >= 11 is 0. The van der Waals surface area contributed by atoms with Crippen LogP contribution in [0.25, 0.3) is 0 Å². The summed E-state index contributed by atoms with van der Waals surface area (Å²) < 4.78 is 20.3. The second kappa shape index (κ2) is 11.5. The van der Waals surface area contributed by atoms with Crippen LogP contribution in [-0.4, -0.2) is 49.4 Å². The average Bonchev–Trinajstić information content (AvgIpc) is 2.85. The van der Waals surface area contributed by atoms with E-state index in [9.17, 15) is 14.4 Å². The van der Waals surface area contributed by atoms with Gasteiger partial charge in [-0.15, -0.1) is 0 Å². The van der Waals surface area contributed by atoms with Crippen molar-refractivity contribution in [3.8, 4) is 5.75 Å². The summed E-state index contributed by atoms with van der Waals surface area (Å²) in [7, 11) is 3.45. The topological polar surface area (TPSA) is 91.4 Å². The molecule has 1 aliphatic heterocycles. The molecule has 8 nitrogen and oxygen atoms in total. The quantitative estimate of drug-likeness (QED) is 0.352. The van der Waals surface area contributed by atoms with E-state index in [2.05, 4.69) is 9.47 Å². The van der Waals surface area contributed by atoms with Crippen molar-refractivity contribution in [3.05, 3.63) is 65.7 Å². The van der Waals surface area contributed by atoms with Crippen LogP contribution in [0.5, 0.6) is 5.75 Å². The number of esters is 2. The number of hydrogen-bond acceptors (Lipinski definition) is 7. The maximum Gasteiger partial charge on any atom is 0.412 e. The lowest BCUT2D eigenvalue weighted by Crippen LogP contribution is -2.49. The van der Waals surface area contributed by atoms with Crippen LogP contribution in [-0.2, 0) is 19.0 Å². The fraction of sp³-hybridized carbons (Fsp3) is 0.348. The van der Waals surface area contributed by atoms with Crippen molar-refractivity contribution in [1.82, 2.24) is 4.90 Å². The number of likely N-dealkylation sites (tertiary alicyclic amines) is 1. The summed E-state index contributed by atoms with van der Waals surface area (Å²) in [4.78, 5) is 39.1. The fourth-order valence-corrected chi connectivity index (χ4v) is 3.96. The van der Waals surface area contributed by atoms with Crippen molar-refractivity contribution in [3.63, 3.8) is 0 Å². The Hall–Kier alpha value is -3.12. The van der Waals surface area contributed by atoms with Crippen molar-refractivity contribution in [2.45, 2.75) is 31.2 Å². The van der Waals surface area contributed by atoms with E-state index in [0.29, 0.717) is 24.3 Å². The van der Waals surface area contributed by atoms with E-state index in [1.54, 1.807) is 24.3 Å². The molecule has 1 fully saturated rings. The molecule has 0 radical (unpaired) electrons. The largest absolute Gasteiger partial charge is 0.480 e. The molecule has 1 saturated heterocycles. The first-order valence-corrected chi connectivity index (χ1v) is 10.7. The Morgan fingerprint density at radius 1 is 1.03 bits per heavy atom. The van der Waals surface area contributed by atoms with Crippen LogP contribution in [0.1, 0.15) is 41.1 Å². The average molecular weight is 459 g/mol. The van der Waals surface area contributed by atoms with Crippen LogP contribution in [0.4, 0.5) is 4.79 Å². The number of benzene rings is 2. The number of methoxy groups -OCH3 is 1. The van der Waals surface area contributed by atoms with Crippen LogP contribution in [0, 0.1) is 0 Å². The van der Waals surface area contributed by atoms with Crippen LogP contribution >= 0.6 is 9.47 Å². The van der Waals surface area contributed by atoms with Gasteiger partial charge in [-0.1, -0.05) is 30.3 Å². The molecule has 3 rings (SSSR count). The second-order valence-electron chi connectivity index (χ2n) is 7.27. The van der Waals surface area contributed by atoms with E-state index in [1.165, 1.54) is 12.0 Å². The number of rotatable bonds is 7. The molecule has 3 unspecified atom stereocenters. The van der Waals surface area contributed by atoms with Crippen molar-refractivity contribution in [2.24, 2.45) is 0 Å². The van der Waals surface area contributed by atoms with E-state index in [-0.39, 0.29) is 0 Å². The number of amides is 1. The van der Waals surface area contributed by atoms with Crippen molar-refractivity contribution >= 4 is 27.5 Å². The van der Waals surface area contributed by atoms with Gasteiger partial charge in [-0.25, -0.2) is 9.59 Å². The van der Waals surface area contributed by atoms with E-state index in [4.69, 9.17) is 18.7 Å². The predicted molar refractivity (Wildman–Crippen MR) is 119 cm³/mol. The number of carbonyl (C=O) groups excluding carboxylic acids is 3. The summed E-state index contributed by atoms with van der Waals surface area (Å²) in [6.45, 7) is -0.0920. The highest BCUT2D eigenvalue weighted by Gasteiger charge is 2.39. The molecule has 0 bridgehead atoms. The van der Waals surface area contributed by atoms with Crippen molar-refractivity contribution in [2.75, 3.05) is 20.4 Å². The molecule has 170 valence electrons. The summed E-state index contributed by atoms with van der Waals surface area (Å²) in [6.07, 6.45) is 1.66. The zero-order valence-electron chi connectivity index (χ0n) is 17.8. The summed E-state index contributed by atoms with van der Waals surface area (Å²) in [6, 6.07) is 15.1. The summed E-state index contributed by atoms with van der Waals surface area (Å²) in [5, 5.41) is 0. The zero-order valence-corrected chi connectivity index (χ0v) is 18.9. The molecular formula is C23H26NO7P. The second-order valence-corrected chi connectivity index (χ2v) is 7.51. The minimum Gasteiger partial charge on any atom is -0.480 e. The van der Waals surface area contributed by atoms with Gasteiger partial charge in [-0.2, -0.15) is 0 Å². The Morgan fingerprint density at radius 2 is 1.75 bits per heavy atom. The maximum absolute atomic E-state index is 12.8. The molecule has 32 heavy (non-hydrogen) atoms. The molecule has 3 atom stereocenters. The fourth-order valence-electron chi connectivity index (χ4n) is 3.80. The van der Waals surface area contributed by atoms with Gasteiger partial charge in [0.1, 0.15) is 11.7 Å². The molecule has 2 aromatic carbocycles. The van der Waals surface area contributed by atoms with Gasteiger partial charge in [0, 0.05) is 6.54 Å². The molecule has 0 N–H and O–H groups in total. The summed E-state index contributed by atoms with van der Waals surface area (Å²) in [5.41, 5.74) is 1.07. The van der Waals surface area contributed by atoms with Gasteiger partial charge < -0.3 is 23.6 Å². The lowest BCUT2D eigenvalue weighted by Gasteiger charge is -2.38. The Bertz CT molecular complexity index is 920. The molecule has 0 aromatic heterocycles. The first kappa shape index (κ1) is 23.5. The van der Waals surface area contributed by atoms with Crippen molar-refractivity contribution in [1.29, 1.82) is 0 Å². The first-order chi connectivity index (χ1) is 15.5. The zero-order chi connectivity index (χ0) is 22.9. The standard InChI is InChI=1S/C23H26NO7P/c1-28-22(26)20(16-7-3-2-4-8-16)19-9-5-6-14-24(19)23(27)30-15-29-21(25)17-10-12-18(31-32)13-11-17/h2-4,7-8,10-13,19-20H,5-6,9,14-15,32H2,1H3. The minimum absolute atomic E-state index is 0.303. The van der Waals surface area contributed by atoms with E-state index >= 15 is 0 Å². The molecule has 0 aliphatic carbocycles. The third-order valence-electron chi connectivity index (χ3n) is 5.38. The van der Waals surface area contributed by atoms with Crippen LogP contribution in [0.3, 0.4) is 0 Å². The number of ether oxygens (including phenoxy) is 3. The van der Waals surface area contributed by atoms with Gasteiger partial charge in [-0.05, 0) is 49.1 Å². The Morgan fingerprint density at radius 3 is 2.41 bits per heavy atom. The summed E-state index contributed by atoms with van der Waals surface area (Å²) in [5.74, 6) is -1.09. The van der Waals surface area contributed by atoms with Crippen LogP contribution in [0.2, 0.25) is 0 Å². The lowest BCUT2D eigenvalue weighted by atomic mass is 9.85.